The van der Waals surface area contributed by atoms with Gasteiger partial charge in [0.05, 0.1) is 6.61 Å². The Hall–Kier alpha value is -0.990. The molecule has 1 nitrogen and oxygen atoms in total. The third-order valence-electron chi connectivity index (χ3n) is 2.86. The highest BCUT2D eigenvalue weighted by Crippen LogP contribution is 2.34. The second kappa shape index (κ2) is 6.97. The van der Waals surface area contributed by atoms with Gasteiger partial charge in [0.2, 0.25) is 0 Å². The lowest BCUT2D eigenvalue weighted by Gasteiger charge is -2.15. The highest BCUT2D eigenvalue weighted by molar-refractivity contribution is 9.09. The van der Waals surface area contributed by atoms with Crippen LogP contribution in [0.4, 0.5) is 0 Å². The molecule has 3 heteroatoms. The number of ether oxygens (including phenoxy) is 1. The average molecular weight is 340 g/mol. The quantitative estimate of drug-likeness (QED) is 0.661. The van der Waals surface area contributed by atoms with Crippen LogP contribution in [0.2, 0.25) is 5.02 Å². The number of rotatable bonds is 5. The molecular formula is C16H16BrClO. The average Bonchev–Trinajstić information content (AvgIpc) is 2.39. The first-order valence-electron chi connectivity index (χ1n) is 6.31. The highest BCUT2D eigenvalue weighted by atomic mass is 79.9. The van der Waals surface area contributed by atoms with Crippen LogP contribution in [0, 0.1) is 0 Å². The van der Waals surface area contributed by atoms with Crippen molar-refractivity contribution in [1.82, 2.24) is 0 Å². The molecule has 2 rings (SSSR count). The molecule has 0 saturated carbocycles. The standard InChI is InChI=1S/C16H16BrClO/c1-2-19-16-9-4-3-8-14(16)15(17)11-12-6-5-7-13(18)10-12/h3-10,15H,2,11H2,1H3. The molecule has 0 radical (unpaired) electrons. The Morgan fingerprint density at radius 2 is 1.95 bits per heavy atom. The maximum atomic E-state index is 6.02. The predicted octanol–water partition coefficient (Wildman–Crippen LogP) is 5.42. The Labute approximate surface area is 127 Å². The fraction of sp³-hybridized carbons (Fsp3) is 0.250. The Morgan fingerprint density at radius 1 is 1.16 bits per heavy atom. The summed E-state index contributed by atoms with van der Waals surface area (Å²) in [6.45, 7) is 2.67. The van der Waals surface area contributed by atoms with Gasteiger partial charge < -0.3 is 4.74 Å². The van der Waals surface area contributed by atoms with Crippen molar-refractivity contribution in [1.29, 1.82) is 0 Å². The predicted molar refractivity (Wildman–Crippen MR) is 84.4 cm³/mol. The molecular weight excluding hydrogens is 324 g/mol. The Bertz CT molecular complexity index is 542. The smallest absolute Gasteiger partial charge is 0.123 e. The summed E-state index contributed by atoms with van der Waals surface area (Å²) < 4.78 is 5.66. The molecule has 0 spiro atoms. The van der Waals surface area contributed by atoms with Crippen LogP contribution in [0.15, 0.2) is 48.5 Å². The van der Waals surface area contributed by atoms with Crippen molar-refractivity contribution in [2.45, 2.75) is 18.2 Å². The molecule has 2 aromatic carbocycles. The van der Waals surface area contributed by atoms with Crippen molar-refractivity contribution in [2.75, 3.05) is 6.61 Å². The molecule has 1 atom stereocenters. The molecule has 0 bridgehead atoms. The lowest BCUT2D eigenvalue weighted by atomic mass is 10.0. The van der Waals surface area contributed by atoms with Gasteiger partial charge in [-0.05, 0) is 37.1 Å². The van der Waals surface area contributed by atoms with Gasteiger partial charge in [-0.2, -0.15) is 0 Å². The summed E-state index contributed by atoms with van der Waals surface area (Å²) in [7, 11) is 0. The van der Waals surface area contributed by atoms with Gasteiger partial charge in [0.15, 0.2) is 0 Å². The van der Waals surface area contributed by atoms with Gasteiger partial charge >= 0.3 is 0 Å². The Kier molecular flexibility index (Phi) is 5.29. The fourth-order valence-corrected chi connectivity index (χ4v) is 2.97. The van der Waals surface area contributed by atoms with E-state index in [1.54, 1.807) is 0 Å². The van der Waals surface area contributed by atoms with Crippen molar-refractivity contribution >= 4 is 27.5 Å². The van der Waals surface area contributed by atoms with Gasteiger partial charge in [0.25, 0.3) is 0 Å². The van der Waals surface area contributed by atoms with Gasteiger partial charge in [-0.15, -0.1) is 0 Å². The molecule has 0 aliphatic carbocycles. The summed E-state index contributed by atoms with van der Waals surface area (Å²) in [6.07, 6.45) is 0.880. The molecule has 19 heavy (non-hydrogen) atoms. The molecule has 1 unspecified atom stereocenters. The van der Waals surface area contributed by atoms with Crippen LogP contribution in [0.1, 0.15) is 22.9 Å². The Morgan fingerprint density at radius 3 is 2.68 bits per heavy atom. The lowest BCUT2D eigenvalue weighted by Crippen LogP contribution is -2.01. The molecule has 0 N–H and O–H groups in total. The van der Waals surface area contributed by atoms with Gasteiger partial charge in [-0.1, -0.05) is 57.9 Å². The van der Waals surface area contributed by atoms with E-state index in [0.29, 0.717) is 6.61 Å². The number of halogens is 2. The highest BCUT2D eigenvalue weighted by Gasteiger charge is 2.13. The van der Waals surface area contributed by atoms with E-state index in [1.807, 2.05) is 43.3 Å². The second-order valence-corrected chi connectivity index (χ2v) is 5.81. The maximum Gasteiger partial charge on any atom is 0.123 e. The number of para-hydroxylation sites is 1. The monoisotopic (exact) mass is 338 g/mol. The molecule has 0 aliphatic heterocycles. The van der Waals surface area contributed by atoms with Gasteiger partial charge in [0.1, 0.15) is 5.75 Å². The molecule has 0 amide bonds. The SMILES string of the molecule is CCOc1ccccc1C(Br)Cc1cccc(Cl)c1. The summed E-state index contributed by atoms with van der Waals surface area (Å²) >= 11 is 9.76. The minimum absolute atomic E-state index is 0.216. The molecule has 0 saturated heterocycles. The van der Waals surface area contributed by atoms with Gasteiger partial charge in [0, 0.05) is 15.4 Å². The maximum absolute atomic E-state index is 6.02. The van der Waals surface area contributed by atoms with E-state index in [2.05, 4.69) is 28.1 Å². The van der Waals surface area contributed by atoms with Crippen LogP contribution in [-0.2, 0) is 6.42 Å². The van der Waals surface area contributed by atoms with E-state index in [-0.39, 0.29) is 4.83 Å². The van der Waals surface area contributed by atoms with E-state index in [4.69, 9.17) is 16.3 Å². The second-order valence-electron chi connectivity index (χ2n) is 4.27. The summed E-state index contributed by atoms with van der Waals surface area (Å²) in [5.41, 5.74) is 2.38. The van der Waals surface area contributed by atoms with E-state index in [9.17, 15) is 0 Å². The number of benzene rings is 2. The zero-order valence-corrected chi connectivity index (χ0v) is 13.1. The van der Waals surface area contributed by atoms with Crippen molar-refractivity contribution in [3.63, 3.8) is 0 Å². The Balaban J connectivity index is 2.17. The van der Waals surface area contributed by atoms with Crippen LogP contribution in [0.3, 0.4) is 0 Å². The van der Waals surface area contributed by atoms with Crippen LogP contribution >= 0.6 is 27.5 Å². The minimum Gasteiger partial charge on any atom is -0.494 e. The molecule has 2 aromatic rings. The molecule has 0 fully saturated rings. The van der Waals surface area contributed by atoms with Gasteiger partial charge in [-0.3, -0.25) is 0 Å². The first-order valence-corrected chi connectivity index (χ1v) is 7.60. The number of hydrogen-bond donors (Lipinski definition) is 0. The van der Waals surface area contributed by atoms with Crippen molar-refractivity contribution in [3.05, 3.63) is 64.7 Å². The van der Waals surface area contributed by atoms with Crippen LogP contribution < -0.4 is 4.74 Å². The largest absolute Gasteiger partial charge is 0.494 e. The van der Waals surface area contributed by atoms with E-state index in [0.717, 1.165) is 17.2 Å². The van der Waals surface area contributed by atoms with Crippen LogP contribution in [0.5, 0.6) is 5.75 Å². The molecule has 100 valence electrons. The molecule has 0 aromatic heterocycles. The molecule has 0 aliphatic rings. The number of alkyl halides is 1. The topological polar surface area (TPSA) is 9.23 Å². The van der Waals surface area contributed by atoms with E-state index < -0.39 is 0 Å². The summed E-state index contributed by atoms with van der Waals surface area (Å²) in [5, 5.41) is 0.773. The van der Waals surface area contributed by atoms with Gasteiger partial charge in [-0.25, -0.2) is 0 Å². The van der Waals surface area contributed by atoms with Crippen LogP contribution in [-0.4, -0.2) is 6.61 Å². The van der Waals surface area contributed by atoms with E-state index >= 15 is 0 Å². The summed E-state index contributed by atoms with van der Waals surface area (Å²) in [4.78, 5) is 0.216. The zero-order chi connectivity index (χ0) is 13.7. The van der Waals surface area contributed by atoms with Crippen LogP contribution in [0.25, 0.3) is 0 Å². The van der Waals surface area contributed by atoms with Crippen molar-refractivity contribution in [3.8, 4) is 5.75 Å². The summed E-state index contributed by atoms with van der Waals surface area (Å²) in [5.74, 6) is 0.939. The normalized spacial score (nSPS) is 12.2. The fourth-order valence-electron chi connectivity index (χ4n) is 2.01. The van der Waals surface area contributed by atoms with Crippen molar-refractivity contribution in [2.24, 2.45) is 0 Å². The number of hydrogen-bond acceptors (Lipinski definition) is 1. The molecule has 0 heterocycles. The van der Waals surface area contributed by atoms with Crippen molar-refractivity contribution < 1.29 is 4.74 Å². The third kappa shape index (κ3) is 3.99. The lowest BCUT2D eigenvalue weighted by molar-refractivity contribution is 0.336. The summed E-state index contributed by atoms with van der Waals surface area (Å²) in [6, 6.07) is 16.1. The zero-order valence-electron chi connectivity index (χ0n) is 10.8. The minimum atomic E-state index is 0.216. The third-order valence-corrected chi connectivity index (χ3v) is 3.91. The van der Waals surface area contributed by atoms with E-state index in [1.165, 1.54) is 11.1 Å². The first-order chi connectivity index (χ1) is 9.20. The first kappa shape index (κ1) is 14.4.